The number of amides is 2. The molecule has 0 radical (unpaired) electrons. The van der Waals surface area contributed by atoms with Crippen molar-refractivity contribution in [3.8, 4) is 0 Å². The van der Waals surface area contributed by atoms with Crippen molar-refractivity contribution in [2.45, 2.75) is 78.0 Å². The number of pyridine rings is 1. The van der Waals surface area contributed by atoms with Gasteiger partial charge in [0.25, 0.3) is 11.8 Å². The van der Waals surface area contributed by atoms with E-state index in [1.807, 2.05) is 36.4 Å². The van der Waals surface area contributed by atoms with E-state index in [-0.39, 0.29) is 5.92 Å². The number of nitrogens with zero attached hydrogens (tertiary/aromatic N) is 2. The Kier molecular flexibility index (Phi) is 10.5. The molecule has 0 spiro atoms. The maximum absolute atomic E-state index is 13.8. The van der Waals surface area contributed by atoms with Crippen LogP contribution in [-0.2, 0) is 30.3 Å². The summed E-state index contributed by atoms with van der Waals surface area (Å²) in [5.74, 6) is -2.67. The Labute approximate surface area is 252 Å². The second kappa shape index (κ2) is 14.1. The van der Waals surface area contributed by atoms with Gasteiger partial charge in [0, 0.05) is 30.8 Å². The SMILES string of the molecule is CCc1ccc2ccc(/C=C/C3(C(=O)O[C@H](C(=O)N[C@@H](C)C(=O)N4CCC[C@@H](C(=N)[O-])N4)C(C)C)CCOCC3)cc2n1. The third-order valence-corrected chi connectivity index (χ3v) is 8.12. The van der Waals surface area contributed by atoms with Gasteiger partial charge in [0.2, 0.25) is 0 Å². The van der Waals surface area contributed by atoms with E-state index >= 15 is 0 Å². The second-order valence-electron chi connectivity index (χ2n) is 11.7. The Morgan fingerprint density at radius 3 is 2.63 bits per heavy atom. The van der Waals surface area contributed by atoms with Gasteiger partial charge >= 0.3 is 5.97 Å². The van der Waals surface area contributed by atoms with Gasteiger partial charge in [0.1, 0.15) is 6.04 Å². The number of hydrogen-bond donors (Lipinski definition) is 3. The van der Waals surface area contributed by atoms with Crippen molar-refractivity contribution in [2.24, 2.45) is 11.3 Å². The molecule has 43 heavy (non-hydrogen) atoms. The third-order valence-electron chi connectivity index (χ3n) is 8.12. The average Bonchev–Trinajstić information content (AvgIpc) is 3.01. The van der Waals surface area contributed by atoms with Crippen LogP contribution in [0.4, 0.5) is 0 Å². The molecule has 2 amide bonds. The van der Waals surface area contributed by atoms with Gasteiger partial charge in [-0.1, -0.05) is 51.1 Å². The highest BCUT2D eigenvalue weighted by Crippen LogP contribution is 2.35. The van der Waals surface area contributed by atoms with Gasteiger partial charge in [0.15, 0.2) is 6.10 Å². The predicted octanol–water partition coefficient (Wildman–Crippen LogP) is 2.51. The molecule has 11 nitrogen and oxygen atoms in total. The number of aromatic nitrogens is 1. The van der Waals surface area contributed by atoms with E-state index in [1.165, 1.54) is 11.9 Å². The summed E-state index contributed by atoms with van der Waals surface area (Å²) in [7, 11) is 0. The number of hydrazine groups is 1. The van der Waals surface area contributed by atoms with Crippen LogP contribution in [0.25, 0.3) is 17.0 Å². The van der Waals surface area contributed by atoms with Crippen LogP contribution in [0.5, 0.6) is 0 Å². The smallest absolute Gasteiger partial charge is 0.316 e. The molecule has 3 heterocycles. The Morgan fingerprint density at radius 1 is 1.23 bits per heavy atom. The molecule has 0 saturated carbocycles. The first kappa shape index (κ1) is 32.1. The van der Waals surface area contributed by atoms with E-state index < -0.39 is 47.3 Å². The van der Waals surface area contributed by atoms with Crippen molar-refractivity contribution in [3.05, 3.63) is 47.7 Å². The van der Waals surface area contributed by atoms with Crippen molar-refractivity contribution in [3.63, 3.8) is 0 Å². The summed E-state index contributed by atoms with van der Waals surface area (Å²) in [5.41, 5.74) is 4.58. The number of carbonyl (C=O) groups excluding carboxylic acids is 3. The van der Waals surface area contributed by atoms with E-state index in [4.69, 9.17) is 19.9 Å². The lowest BCUT2D eigenvalue weighted by atomic mass is 9.79. The summed E-state index contributed by atoms with van der Waals surface area (Å²) < 4.78 is 11.5. The lowest BCUT2D eigenvalue weighted by Crippen LogP contribution is -2.61. The van der Waals surface area contributed by atoms with Crippen LogP contribution in [0.2, 0.25) is 0 Å². The average molecular weight is 593 g/mol. The van der Waals surface area contributed by atoms with Gasteiger partial charge in [-0.15, -0.1) is 0 Å². The van der Waals surface area contributed by atoms with E-state index in [1.54, 1.807) is 13.8 Å². The molecule has 11 heteroatoms. The fourth-order valence-electron chi connectivity index (χ4n) is 5.36. The summed E-state index contributed by atoms with van der Waals surface area (Å²) in [5, 5.41) is 23.8. The number of aryl methyl sites for hydroxylation is 1. The van der Waals surface area contributed by atoms with Gasteiger partial charge in [-0.2, -0.15) is 0 Å². The van der Waals surface area contributed by atoms with Crippen molar-refractivity contribution >= 4 is 40.7 Å². The van der Waals surface area contributed by atoms with E-state index in [9.17, 15) is 19.5 Å². The molecule has 1 aromatic carbocycles. The fourth-order valence-corrected chi connectivity index (χ4v) is 5.36. The first-order valence-electron chi connectivity index (χ1n) is 15.0. The number of carbonyl (C=O) groups is 3. The number of esters is 1. The molecule has 2 aliphatic rings. The molecular weight excluding hydrogens is 550 g/mol. The van der Waals surface area contributed by atoms with Crippen LogP contribution in [0.3, 0.4) is 0 Å². The molecule has 0 aliphatic carbocycles. The van der Waals surface area contributed by atoms with Gasteiger partial charge in [-0.3, -0.25) is 24.4 Å². The summed E-state index contributed by atoms with van der Waals surface area (Å²) >= 11 is 0. The van der Waals surface area contributed by atoms with Crippen molar-refractivity contribution < 1.29 is 29.0 Å². The summed E-state index contributed by atoms with van der Waals surface area (Å²) in [6, 6.07) is 8.35. The second-order valence-corrected chi connectivity index (χ2v) is 11.7. The van der Waals surface area contributed by atoms with E-state index in [0.717, 1.165) is 28.6 Å². The largest absolute Gasteiger partial charge is 0.861 e. The van der Waals surface area contributed by atoms with Crippen molar-refractivity contribution in [1.82, 2.24) is 20.7 Å². The lowest BCUT2D eigenvalue weighted by molar-refractivity contribution is -0.225. The van der Waals surface area contributed by atoms with Gasteiger partial charge in [-0.25, -0.2) is 5.43 Å². The zero-order chi connectivity index (χ0) is 31.1. The number of hydrogen-bond acceptors (Lipinski definition) is 9. The fraction of sp³-hybridized carbons (Fsp3) is 0.531. The third kappa shape index (κ3) is 7.77. The van der Waals surface area contributed by atoms with Crippen LogP contribution >= 0.6 is 0 Å². The molecular formula is C32H42N5O6-. The van der Waals surface area contributed by atoms with Crippen LogP contribution in [0.15, 0.2) is 36.4 Å². The minimum atomic E-state index is -1.12. The molecule has 2 saturated heterocycles. The molecule has 0 bridgehead atoms. The normalized spacial score (nSPS) is 20.1. The van der Waals surface area contributed by atoms with Gasteiger partial charge < -0.3 is 25.3 Å². The summed E-state index contributed by atoms with van der Waals surface area (Å²) in [6.45, 7) is 8.28. The molecule has 3 N–H and O–H groups in total. The lowest BCUT2D eigenvalue weighted by Gasteiger charge is -2.37. The molecule has 2 aliphatic heterocycles. The first-order chi connectivity index (χ1) is 20.5. The highest BCUT2D eigenvalue weighted by molar-refractivity contribution is 5.91. The Hall–Kier alpha value is -3.83. The van der Waals surface area contributed by atoms with E-state index in [0.29, 0.717) is 45.4 Å². The molecule has 0 unspecified atom stereocenters. The minimum Gasteiger partial charge on any atom is -0.861 e. The number of fused-ring (bicyclic) bond motifs is 1. The molecule has 1 aromatic heterocycles. The van der Waals surface area contributed by atoms with Crippen LogP contribution in [0, 0.1) is 16.7 Å². The molecule has 3 atom stereocenters. The zero-order valence-corrected chi connectivity index (χ0v) is 25.4. The number of rotatable bonds is 10. The van der Waals surface area contributed by atoms with Crippen LogP contribution in [0.1, 0.15) is 64.6 Å². The first-order valence-corrected chi connectivity index (χ1v) is 15.0. The Balaban J connectivity index is 1.47. The Morgan fingerprint density at radius 2 is 1.95 bits per heavy atom. The topological polar surface area (TPSA) is 157 Å². The van der Waals surface area contributed by atoms with Crippen LogP contribution < -0.4 is 15.8 Å². The van der Waals surface area contributed by atoms with Crippen molar-refractivity contribution in [1.29, 1.82) is 5.41 Å². The molecule has 2 fully saturated rings. The van der Waals surface area contributed by atoms with Crippen LogP contribution in [-0.4, -0.2) is 71.6 Å². The maximum atomic E-state index is 13.8. The standard InChI is InChI=1S/C32H43N5O6/c1-5-24-11-10-23-9-8-22(19-26(23)35-24)12-13-32(14-17-42-18-15-32)31(41)43-27(20(2)3)29(39)34-21(4)30(40)37-16-6-7-25(36-37)28(33)38/h8-13,19-21,25,27,36H,5-7,14-18H2,1-4H3,(H2,33,38)(H,34,39)/p-1/b13-12+/t21-,25-,27-/m0/s1. The molecule has 4 rings (SSSR count). The zero-order valence-electron chi connectivity index (χ0n) is 25.4. The number of benzene rings is 1. The number of ether oxygens (including phenoxy) is 2. The quantitative estimate of drug-likeness (QED) is 0.216. The highest BCUT2D eigenvalue weighted by atomic mass is 16.6. The minimum absolute atomic E-state index is 0.357. The van der Waals surface area contributed by atoms with Gasteiger partial charge in [-0.05, 0) is 68.5 Å². The maximum Gasteiger partial charge on any atom is 0.316 e. The highest BCUT2D eigenvalue weighted by Gasteiger charge is 2.42. The molecule has 2 aromatic rings. The number of nitrogens with one attached hydrogen (secondary N) is 3. The van der Waals surface area contributed by atoms with E-state index in [2.05, 4.69) is 23.7 Å². The van der Waals surface area contributed by atoms with Gasteiger partial charge in [0.05, 0.1) is 17.0 Å². The van der Waals surface area contributed by atoms with Crippen molar-refractivity contribution in [2.75, 3.05) is 19.8 Å². The summed E-state index contributed by atoms with van der Waals surface area (Å²) in [6.07, 6.45) is 5.33. The monoisotopic (exact) mass is 592 g/mol. The predicted molar refractivity (Wildman–Crippen MR) is 161 cm³/mol. The molecule has 232 valence electrons. The Bertz CT molecular complexity index is 1370. The summed E-state index contributed by atoms with van der Waals surface area (Å²) in [4.78, 5) is 44.8.